The molecule has 0 amide bonds. The summed E-state index contributed by atoms with van der Waals surface area (Å²) < 4.78 is 18.7. The van der Waals surface area contributed by atoms with Crippen molar-refractivity contribution < 1.29 is 9.13 Å². The fourth-order valence-corrected chi connectivity index (χ4v) is 1.37. The lowest BCUT2D eigenvalue weighted by Gasteiger charge is -2.13. The van der Waals surface area contributed by atoms with Gasteiger partial charge < -0.3 is 15.4 Å². The van der Waals surface area contributed by atoms with E-state index >= 15 is 0 Å². The van der Waals surface area contributed by atoms with Gasteiger partial charge in [0.25, 0.3) is 5.88 Å². The van der Waals surface area contributed by atoms with Crippen LogP contribution in [0, 0.1) is 5.82 Å². The smallest absolute Gasteiger partial charge is 0.260 e. The molecule has 94 valence electrons. The zero-order chi connectivity index (χ0) is 13.1. The number of ether oxygens (including phenoxy) is 1. The molecule has 0 saturated carbocycles. The summed E-state index contributed by atoms with van der Waals surface area (Å²) in [6, 6.07) is 7.22. The third-order valence-electron chi connectivity index (χ3n) is 2.28. The SMILES string of the molecule is CN(C)c1cccc(Oc2nc(N)ncc2F)c1. The predicted octanol–water partition coefficient (Wildman–Crippen LogP) is 2.06. The number of anilines is 2. The highest BCUT2D eigenvalue weighted by Gasteiger charge is 2.08. The molecule has 0 radical (unpaired) electrons. The maximum absolute atomic E-state index is 13.4. The summed E-state index contributed by atoms with van der Waals surface area (Å²) in [5, 5.41) is 0. The second-order valence-corrected chi connectivity index (χ2v) is 3.88. The second-order valence-electron chi connectivity index (χ2n) is 3.88. The van der Waals surface area contributed by atoms with E-state index in [4.69, 9.17) is 10.5 Å². The molecule has 0 aliphatic heterocycles. The lowest BCUT2D eigenvalue weighted by molar-refractivity contribution is 0.421. The van der Waals surface area contributed by atoms with Crippen molar-refractivity contribution in [1.82, 2.24) is 9.97 Å². The van der Waals surface area contributed by atoms with Crippen molar-refractivity contribution in [3.8, 4) is 11.6 Å². The van der Waals surface area contributed by atoms with Crippen molar-refractivity contribution in [2.75, 3.05) is 24.7 Å². The van der Waals surface area contributed by atoms with Crippen LogP contribution < -0.4 is 15.4 Å². The minimum atomic E-state index is -0.653. The van der Waals surface area contributed by atoms with Crippen LogP contribution in [0.3, 0.4) is 0 Å². The van der Waals surface area contributed by atoms with Crippen LogP contribution in [-0.2, 0) is 0 Å². The Hall–Kier alpha value is -2.37. The van der Waals surface area contributed by atoms with Gasteiger partial charge in [-0.05, 0) is 12.1 Å². The number of nitrogen functional groups attached to an aromatic ring is 1. The Morgan fingerprint density at radius 1 is 1.33 bits per heavy atom. The van der Waals surface area contributed by atoms with Gasteiger partial charge in [-0.25, -0.2) is 4.98 Å². The van der Waals surface area contributed by atoms with Crippen LogP contribution in [0.15, 0.2) is 30.5 Å². The second kappa shape index (κ2) is 4.87. The van der Waals surface area contributed by atoms with E-state index in [2.05, 4.69) is 9.97 Å². The molecule has 0 saturated heterocycles. The molecular formula is C12H13FN4O. The van der Waals surface area contributed by atoms with E-state index in [-0.39, 0.29) is 11.8 Å². The van der Waals surface area contributed by atoms with E-state index < -0.39 is 5.82 Å². The number of halogens is 1. The van der Waals surface area contributed by atoms with Crippen molar-refractivity contribution in [2.24, 2.45) is 0 Å². The predicted molar refractivity (Wildman–Crippen MR) is 67.2 cm³/mol. The monoisotopic (exact) mass is 248 g/mol. The summed E-state index contributed by atoms with van der Waals surface area (Å²) in [5.74, 6) is -0.383. The lowest BCUT2D eigenvalue weighted by Crippen LogP contribution is -2.08. The average molecular weight is 248 g/mol. The summed E-state index contributed by atoms with van der Waals surface area (Å²) in [6.07, 6.45) is 0.980. The van der Waals surface area contributed by atoms with Crippen LogP contribution in [0.4, 0.5) is 16.0 Å². The van der Waals surface area contributed by atoms with E-state index in [1.165, 1.54) is 0 Å². The molecule has 0 atom stereocenters. The maximum Gasteiger partial charge on any atom is 0.260 e. The fourth-order valence-electron chi connectivity index (χ4n) is 1.37. The Morgan fingerprint density at radius 2 is 2.11 bits per heavy atom. The molecular weight excluding hydrogens is 235 g/mol. The van der Waals surface area contributed by atoms with Gasteiger partial charge in [0.2, 0.25) is 11.8 Å². The number of nitrogens with two attached hydrogens (primary N) is 1. The first-order valence-corrected chi connectivity index (χ1v) is 5.29. The van der Waals surface area contributed by atoms with Gasteiger partial charge >= 0.3 is 0 Å². The van der Waals surface area contributed by atoms with Crippen molar-refractivity contribution in [1.29, 1.82) is 0 Å². The van der Waals surface area contributed by atoms with E-state index in [0.29, 0.717) is 5.75 Å². The summed E-state index contributed by atoms with van der Waals surface area (Å²) in [6.45, 7) is 0. The number of benzene rings is 1. The zero-order valence-corrected chi connectivity index (χ0v) is 10.1. The fraction of sp³-hybridized carbons (Fsp3) is 0.167. The number of nitrogens with zero attached hydrogens (tertiary/aromatic N) is 3. The van der Waals surface area contributed by atoms with Crippen LogP contribution >= 0.6 is 0 Å². The van der Waals surface area contributed by atoms with Gasteiger partial charge in [0, 0.05) is 25.8 Å². The molecule has 1 aromatic heterocycles. The van der Waals surface area contributed by atoms with Gasteiger partial charge in [0.1, 0.15) is 5.75 Å². The Kier molecular flexibility index (Phi) is 3.27. The first kappa shape index (κ1) is 12.1. The van der Waals surface area contributed by atoms with Gasteiger partial charge in [-0.15, -0.1) is 0 Å². The third kappa shape index (κ3) is 2.65. The molecule has 0 spiro atoms. The normalized spacial score (nSPS) is 10.2. The van der Waals surface area contributed by atoms with Crippen molar-refractivity contribution in [3.05, 3.63) is 36.3 Å². The molecule has 1 heterocycles. The molecule has 2 N–H and O–H groups in total. The minimum absolute atomic E-state index is 0.0323. The van der Waals surface area contributed by atoms with Crippen molar-refractivity contribution in [2.45, 2.75) is 0 Å². The largest absolute Gasteiger partial charge is 0.436 e. The molecule has 0 aliphatic carbocycles. The first-order chi connectivity index (χ1) is 8.56. The Bertz CT molecular complexity index is 560. The lowest BCUT2D eigenvalue weighted by atomic mass is 10.3. The van der Waals surface area contributed by atoms with Gasteiger partial charge in [0.15, 0.2) is 0 Å². The van der Waals surface area contributed by atoms with Crippen LogP contribution in [-0.4, -0.2) is 24.1 Å². The Labute approximate surface area is 104 Å². The molecule has 0 fully saturated rings. The molecule has 1 aromatic carbocycles. The van der Waals surface area contributed by atoms with Crippen LogP contribution in [0.5, 0.6) is 11.6 Å². The van der Waals surface area contributed by atoms with Crippen molar-refractivity contribution >= 4 is 11.6 Å². The van der Waals surface area contributed by atoms with E-state index in [9.17, 15) is 4.39 Å². The molecule has 18 heavy (non-hydrogen) atoms. The summed E-state index contributed by atoms with van der Waals surface area (Å²) >= 11 is 0. The summed E-state index contributed by atoms with van der Waals surface area (Å²) in [7, 11) is 3.81. The summed E-state index contributed by atoms with van der Waals surface area (Å²) in [4.78, 5) is 9.14. The van der Waals surface area contributed by atoms with E-state index in [0.717, 1.165) is 11.9 Å². The zero-order valence-electron chi connectivity index (χ0n) is 10.1. The number of hydrogen-bond donors (Lipinski definition) is 1. The molecule has 2 rings (SSSR count). The molecule has 6 heteroatoms. The first-order valence-electron chi connectivity index (χ1n) is 5.29. The summed E-state index contributed by atoms with van der Waals surface area (Å²) in [5.41, 5.74) is 6.32. The molecule has 2 aromatic rings. The van der Waals surface area contributed by atoms with E-state index in [1.54, 1.807) is 12.1 Å². The van der Waals surface area contributed by atoms with Gasteiger partial charge in [0.05, 0.1) is 6.20 Å². The number of hydrogen-bond acceptors (Lipinski definition) is 5. The standard InChI is InChI=1S/C12H13FN4O/c1-17(2)8-4-3-5-9(6-8)18-11-10(13)7-15-12(14)16-11/h3-7H,1-2H3,(H2,14,15,16). The van der Waals surface area contributed by atoms with Gasteiger partial charge in [-0.3, -0.25) is 0 Å². The molecule has 0 aliphatic rings. The van der Waals surface area contributed by atoms with E-state index in [1.807, 2.05) is 31.1 Å². The molecule has 0 unspecified atom stereocenters. The van der Waals surface area contributed by atoms with Crippen LogP contribution in [0.25, 0.3) is 0 Å². The van der Waals surface area contributed by atoms with Crippen LogP contribution in [0.1, 0.15) is 0 Å². The van der Waals surface area contributed by atoms with Gasteiger partial charge in [-0.1, -0.05) is 6.07 Å². The average Bonchev–Trinajstić information content (AvgIpc) is 2.34. The Balaban J connectivity index is 2.28. The Morgan fingerprint density at radius 3 is 2.83 bits per heavy atom. The minimum Gasteiger partial charge on any atom is -0.436 e. The van der Waals surface area contributed by atoms with Crippen molar-refractivity contribution in [3.63, 3.8) is 0 Å². The number of aromatic nitrogens is 2. The molecule has 0 bridgehead atoms. The quantitative estimate of drug-likeness (QED) is 0.900. The highest BCUT2D eigenvalue weighted by atomic mass is 19.1. The third-order valence-corrected chi connectivity index (χ3v) is 2.28. The topological polar surface area (TPSA) is 64.3 Å². The van der Waals surface area contributed by atoms with Crippen LogP contribution in [0.2, 0.25) is 0 Å². The maximum atomic E-state index is 13.4. The molecule has 5 nitrogen and oxygen atoms in total. The highest BCUT2D eigenvalue weighted by molar-refractivity contribution is 5.50. The highest BCUT2D eigenvalue weighted by Crippen LogP contribution is 2.25. The number of rotatable bonds is 3. The van der Waals surface area contributed by atoms with Gasteiger partial charge in [-0.2, -0.15) is 9.37 Å².